The summed E-state index contributed by atoms with van der Waals surface area (Å²) >= 11 is 5.81. The third-order valence-corrected chi connectivity index (χ3v) is 5.86. The number of aromatic nitrogens is 1. The molecular formula is C14H23ClN2O3S. The van der Waals surface area contributed by atoms with Gasteiger partial charge in [0.1, 0.15) is 4.90 Å². The van der Waals surface area contributed by atoms with Crippen LogP contribution in [0.15, 0.2) is 17.2 Å². The smallest absolute Gasteiger partial charge is 0.244 e. The number of nitrogens with zero attached hydrogens (tertiary/aromatic N) is 2. The Morgan fingerprint density at radius 1 is 1.48 bits per heavy atom. The molecule has 1 aromatic rings. The number of hydrogen-bond donors (Lipinski definition) is 0. The van der Waals surface area contributed by atoms with Gasteiger partial charge in [-0.2, -0.15) is 4.31 Å². The molecule has 1 saturated heterocycles. The first-order chi connectivity index (χ1) is 9.98. The lowest BCUT2D eigenvalue weighted by Crippen LogP contribution is -2.43. The van der Waals surface area contributed by atoms with Crippen molar-refractivity contribution in [3.63, 3.8) is 0 Å². The van der Waals surface area contributed by atoms with Gasteiger partial charge in [-0.1, -0.05) is 6.92 Å². The highest BCUT2D eigenvalue weighted by Crippen LogP contribution is 2.24. The molecule has 1 fully saturated rings. The largest absolute Gasteiger partial charge is 0.377 e. The van der Waals surface area contributed by atoms with Crippen molar-refractivity contribution < 1.29 is 13.2 Å². The van der Waals surface area contributed by atoms with Gasteiger partial charge in [0.05, 0.1) is 12.0 Å². The van der Waals surface area contributed by atoms with Gasteiger partial charge in [-0.25, -0.2) is 8.42 Å². The first-order valence-corrected chi connectivity index (χ1v) is 9.29. The maximum absolute atomic E-state index is 12.7. The molecule has 0 radical (unpaired) electrons. The van der Waals surface area contributed by atoms with Gasteiger partial charge in [0.2, 0.25) is 10.0 Å². The lowest BCUT2D eigenvalue weighted by atomic mass is 10.1. The summed E-state index contributed by atoms with van der Waals surface area (Å²) in [6, 6.07) is 1.65. The molecular weight excluding hydrogens is 312 g/mol. The fourth-order valence-electron chi connectivity index (χ4n) is 2.54. The van der Waals surface area contributed by atoms with Gasteiger partial charge in [0, 0.05) is 38.6 Å². The zero-order chi connectivity index (χ0) is 15.5. The Labute approximate surface area is 131 Å². The van der Waals surface area contributed by atoms with Crippen LogP contribution in [0.4, 0.5) is 0 Å². The first kappa shape index (κ1) is 16.8. The van der Waals surface area contributed by atoms with Crippen molar-refractivity contribution in [1.29, 1.82) is 0 Å². The van der Waals surface area contributed by atoms with E-state index in [9.17, 15) is 8.42 Å². The topological polar surface area (TPSA) is 51.5 Å². The first-order valence-electron chi connectivity index (χ1n) is 7.32. The Morgan fingerprint density at radius 3 is 2.86 bits per heavy atom. The van der Waals surface area contributed by atoms with Gasteiger partial charge < -0.3 is 9.30 Å². The lowest BCUT2D eigenvalue weighted by Gasteiger charge is -2.31. The van der Waals surface area contributed by atoms with E-state index in [-0.39, 0.29) is 6.10 Å². The molecule has 120 valence electrons. The number of hydrogen-bond acceptors (Lipinski definition) is 3. The fraction of sp³-hybridized carbons (Fsp3) is 0.714. The van der Waals surface area contributed by atoms with Crippen LogP contribution in [0.25, 0.3) is 0 Å². The van der Waals surface area contributed by atoms with E-state index in [1.54, 1.807) is 23.9 Å². The van der Waals surface area contributed by atoms with E-state index in [4.69, 9.17) is 16.3 Å². The van der Waals surface area contributed by atoms with Crippen molar-refractivity contribution in [2.45, 2.75) is 43.1 Å². The molecule has 0 saturated carbocycles. The third kappa shape index (κ3) is 3.80. The normalized spacial score (nSPS) is 20.8. The van der Waals surface area contributed by atoms with E-state index in [0.29, 0.717) is 30.5 Å². The second-order valence-corrected chi connectivity index (χ2v) is 7.61. The molecule has 2 heterocycles. The summed E-state index contributed by atoms with van der Waals surface area (Å²) in [7, 11) is -1.65. The van der Waals surface area contributed by atoms with Crippen LogP contribution in [0, 0.1) is 0 Å². The highest BCUT2D eigenvalue weighted by molar-refractivity contribution is 7.89. The summed E-state index contributed by atoms with van der Waals surface area (Å²) in [5.74, 6) is 0.300. The van der Waals surface area contributed by atoms with Gasteiger partial charge in [-0.05, 0) is 25.3 Å². The fourth-order valence-corrected chi connectivity index (χ4v) is 4.42. The van der Waals surface area contributed by atoms with Gasteiger partial charge in [0.15, 0.2) is 0 Å². The van der Waals surface area contributed by atoms with Crippen LogP contribution in [0.5, 0.6) is 0 Å². The standard InChI is InChI=1S/C14H23ClN2O3S/c1-3-7-20-13-5-4-6-17(10-13)21(18,19)14-8-12(9-15)16(2)11-14/h8,11,13H,3-7,9-10H2,1-2H3. The number of alkyl halides is 1. The van der Waals surface area contributed by atoms with E-state index >= 15 is 0 Å². The van der Waals surface area contributed by atoms with Crippen molar-refractivity contribution in [2.75, 3.05) is 19.7 Å². The number of aryl methyl sites for hydroxylation is 1. The minimum Gasteiger partial charge on any atom is -0.377 e. The van der Waals surface area contributed by atoms with Crippen molar-refractivity contribution in [1.82, 2.24) is 8.87 Å². The average molecular weight is 335 g/mol. The maximum atomic E-state index is 12.7. The van der Waals surface area contributed by atoms with Crippen LogP contribution in [0.3, 0.4) is 0 Å². The number of rotatable bonds is 6. The van der Waals surface area contributed by atoms with Crippen LogP contribution >= 0.6 is 11.6 Å². The molecule has 0 aromatic carbocycles. The molecule has 1 atom stereocenters. The zero-order valence-electron chi connectivity index (χ0n) is 12.6. The third-order valence-electron chi connectivity index (χ3n) is 3.76. The molecule has 0 N–H and O–H groups in total. The SMILES string of the molecule is CCCOC1CCCN(S(=O)(=O)c2cc(CCl)n(C)c2)C1. The van der Waals surface area contributed by atoms with Crippen LogP contribution < -0.4 is 0 Å². The molecule has 7 heteroatoms. The molecule has 2 rings (SSSR count). The zero-order valence-corrected chi connectivity index (χ0v) is 14.2. The Hall–Kier alpha value is -0.560. The van der Waals surface area contributed by atoms with Gasteiger partial charge >= 0.3 is 0 Å². The number of piperidine rings is 1. The quantitative estimate of drug-likeness (QED) is 0.750. The lowest BCUT2D eigenvalue weighted by molar-refractivity contribution is 0.0193. The molecule has 0 spiro atoms. The highest BCUT2D eigenvalue weighted by Gasteiger charge is 2.31. The van der Waals surface area contributed by atoms with Gasteiger partial charge in [-0.15, -0.1) is 11.6 Å². The summed E-state index contributed by atoms with van der Waals surface area (Å²) in [4.78, 5) is 0.316. The number of halogens is 1. The maximum Gasteiger partial charge on any atom is 0.244 e. The molecule has 21 heavy (non-hydrogen) atoms. The molecule has 1 unspecified atom stereocenters. The van der Waals surface area contributed by atoms with E-state index in [1.807, 2.05) is 0 Å². The van der Waals surface area contributed by atoms with Crippen LogP contribution in [0.2, 0.25) is 0 Å². The van der Waals surface area contributed by atoms with E-state index in [2.05, 4.69) is 6.92 Å². The van der Waals surface area contributed by atoms with Crippen LogP contribution in [-0.4, -0.2) is 43.1 Å². The van der Waals surface area contributed by atoms with Crippen molar-refractivity contribution >= 4 is 21.6 Å². The summed E-state index contributed by atoms with van der Waals surface area (Å²) in [6.07, 6.45) is 4.34. The molecule has 1 aliphatic heterocycles. The minimum absolute atomic E-state index is 0.00434. The Kier molecular flexibility index (Phi) is 5.71. The van der Waals surface area contributed by atoms with Crippen molar-refractivity contribution in [3.05, 3.63) is 18.0 Å². The summed E-state index contributed by atoms with van der Waals surface area (Å²) < 4.78 is 34.4. The summed E-state index contributed by atoms with van der Waals surface area (Å²) in [6.45, 7) is 3.72. The predicted octanol–water partition coefficient (Wildman–Crippen LogP) is 2.34. The van der Waals surface area contributed by atoms with Crippen molar-refractivity contribution in [2.24, 2.45) is 7.05 Å². The van der Waals surface area contributed by atoms with E-state index < -0.39 is 10.0 Å². The molecule has 0 bridgehead atoms. The molecule has 5 nitrogen and oxygen atoms in total. The monoisotopic (exact) mass is 334 g/mol. The van der Waals surface area contributed by atoms with Crippen LogP contribution in [0.1, 0.15) is 31.9 Å². The van der Waals surface area contributed by atoms with Crippen molar-refractivity contribution in [3.8, 4) is 0 Å². The molecule has 1 aromatic heterocycles. The molecule has 1 aliphatic rings. The predicted molar refractivity (Wildman–Crippen MR) is 83.0 cm³/mol. The second-order valence-electron chi connectivity index (χ2n) is 5.41. The van der Waals surface area contributed by atoms with Gasteiger partial charge in [-0.3, -0.25) is 0 Å². The van der Waals surface area contributed by atoms with E-state index in [1.165, 1.54) is 4.31 Å². The van der Waals surface area contributed by atoms with E-state index in [0.717, 1.165) is 25.0 Å². The Balaban J connectivity index is 2.14. The summed E-state index contributed by atoms with van der Waals surface area (Å²) in [5, 5.41) is 0. The highest BCUT2D eigenvalue weighted by atomic mass is 35.5. The van der Waals surface area contributed by atoms with Gasteiger partial charge in [0.25, 0.3) is 0 Å². The minimum atomic E-state index is -3.46. The molecule has 0 aliphatic carbocycles. The average Bonchev–Trinajstić information content (AvgIpc) is 2.87. The molecule has 0 amide bonds. The summed E-state index contributed by atoms with van der Waals surface area (Å²) in [5.41, 5.74) is 0.797. The number of sulfonamides is 1. The Bertz CT molecular complexity index is 571. The number of ether oxygens (including phenoxy) is 1. The van der Waals surface area contributed by atoms with Crippen LogP contribution in [-0.2, 0) is 27.7 Å². The Morgan fingerprint density at radius 2 is 2.24 bits per heavy atom. The second kappa shape index (κ2) is 7.13.